The number of carbonyl (C=O) groups excluding carboxylic acids is 1. The maximum atomic E-state index is 12.5. The monoisotopic (exact) mass is 338 g/mol. The van der Waals surface area contributed by atoms with Crippen molar-refractivity contribution in [3.8, 4) is 11.4 Å². The number of nitrogens with one attached hydrogen (secondary N) is 1. The molecular formula is C20H26N4O. The van der Waals surface area contributed by atoms with Gasteiger partial charge in [0.05, 0.1) is 0 Å². The van der Waals surface area contributed by atoms with Gasteiger partial charge in [-0.2, -0.15) is 0 Å². The zero-order chi connectivity index (χ0) is 17.6. The van der Waals surface area contributed by atoms with Crippen molar-refractivity contribution in [1.29, 1.82) is 0 Å². The lowest BCUT2D eigenvalue weighted by Crippen LogP contribution is -2.35. The van der Waals surface area contributed by atoms with Crippen molar-refractivity contribution in [3.05, 3.63) is 42.1 Å². The van der Waals surface area contributed by atoms with Crippen LogP contribution in [-0.2, 0) is 0 Å². The number of amides is 1. The first-order valence-corrected chi connectivity index (χ1v) is 9.15. The van der Waals surface area contributed by atoms with Crippen molar-refractivity contribution >= 4 is 11.7 Å². The summed E-state index contributed by atoms with van der Waals surface area (Å²) in [5.41, 5.74) is 1.37. The Morgan fingerprint density at radius 1 is 1.28 bits per heavy atom. The number of piperidine rings is 1. The summed E-state index contributed by atoms with van der Waals surface area (Å²) in [5.74, 6) is 1.97. The van der Waals surface area contributed by atoms with Crippen LogP contribution in [0.1, 0.15) is 43.6 Å². The van der Waals surface area contributed by atoms with Crippen molar-refractivity contribution < 1.29 is 4.79 Å². The molecule has 3 rings (SSSR count). The predicted molar refractivity (Wildman–Crippen MR) is 101 cm³/mol. The largest absolute Gasteiger partial charge is 0.356 e. The highest BCUT2D eigenvalue weighted by atomic mass is 16.1. The Morgan fingerprint density at radius 2 is 2.08 bits per heavy atom. The normalized spacial score (nSPS) is 17.4. The summed E-state index contributed by atoms with van der Waals surface area (Å²) in [5, 5.41) is 2.92. The molecule has 1 atom stereocenters. The van der Waals surface area contributed by atoms with Crippen LogP contribution in [0.25, 0.3) is 11.4 Å². The van der Waals surface area contributed by atoms with E-state index in [2.05, 4.69) is 22.1 Å². The van der Waals surface area contributed by atoms with Gasteiger partial charge in [0.15, 0.2) is 5.82 Å². The molecule has 1 saturated heterocycles. The third-order valence-corrected chi connectivity index (χ3v) is 4.49. The lowest BCUT2D eigenvalue weighted by molar-refractivity contribution is 0.0948. The molecular weight excluding hydrogens is 312 g/mol. The molecule has 2 heterocycles. The summed E-state index contributed by atoms with van der Waals surface area (Å²) in [6.45, 7) is 6.91. The lowest BCUT2D eigenvalue weighted by atomic mass is 10.0. The first-order chi connectivity index (χ1) is 12.2. The number of benzene rings is 1. The highest BCUT2D eigenvalue weighted by Crippen LogP contribution is 2.24. The van der Waals surface area contributed by atoms with Gasteiger partial charge in [-0.15, -0.1) is 0 Å². The molecule has 5 heteroatoms. The van der Waals surface area contributed by atoms with E-state index in [1.807, 2.05) is 43.3 Å². The molecule has 5 nitrogen and oxygen atoms in total. The van der Waals surface area contributed by atoms with Crippen molar-refractivity contribution in [1.82, 2.24) is 15.3 Å². The Kier molecular flexibility index (Phi) is 5.64. The predicted octanol–water partition coefficient (Wildman–Crippen LogP) is 3.52. The fourth-order valence-electron chi connectivity index (χ4n) is 3.16. The van der Waals surface area contributed by atoms with E-state index in [-0.39, 0.29) is 5.91 Å². The van der Waals surface area contributed by atoms with Crippen molar-refractivity contribution in [3.63, 3.8) is 0 Å². The molecule has 0 aliphatic carbocycles. The van der Waals surface area contributed by atoms with E-state index in [1.165, 1.54) is 6.42 Å². The summed E-state index contributed by atoms with van der Waals surface area (Å²) >= 11 is 0. The van der Waals surface area contributed by atoms with Crippen molar-refractivity contribution in [2.75, 3.05) is 24.5 Å². The van der Waals surface area contributed by atoms with Gasteiger partial charge in [-0.1, -0.05) is 44.2 Å². The minimum Gasteiger partial charge on any atom is -0.356 e. The van der Waals surface area contributed by atoms with Gasteiger partial charge in [-0.05, 0) is 25.2 Å². The third-order valence-electron chi connectivity index (χ3n) is 4.49. The molecule has 2 aromatic rings. The standard InChI is InChI=1S/C20H26N4O/c1-3-11-21-20(25)17-13-18(24-12-7-8-15(2)14-24)23-19(22-17)16-9-5-4-6-10-16/h4-6,9-10,13,15H,3,7-8,11-12,14H2,1-2H3,(H,21,25). The van der Waals surface area contributed by atoms with E-state index >= 15 is 0 Å². The first-order valence-electron chi connectivity index (χ1n) is 9.15. The van der Waals surface area contributed by atoms with Gasteiger partial charge in [0.2, 0.25) is 0 Å². The molecule has 0 radical (unpaired) electrons. The van der Waals surface area contributed by atoms with Crippen LogP contribution in [0.5, 0.6) is 0 Å². The van der Waals surface area contributed by atoms with Crippen LogP contribution in [0.4, 0.5) is 5.82 Å². The van der Waals surface area contributed by atoms with Gasteiger partial charge in [-0.3, -0.25) is 4.79 Å². The maximum Gasteiger partial charge on any atom is 0.270 e. The van der Waals surface area contributed by atoms with Gasteiger partial charge in [0, 0.05) is 31.3 Å². The lowest BCUT2D eigenvalue weighted by Gasteiger charge is -2.32. The fourth-order valence-corrected chi connectivity index (χ4v) is 3.16. The first kappa shape index (κ1) is 17.4. The minimum atomic E-state index is -0.132. The van der Waals surface area contributed by atoms with Crippen LogP contribution < -0.4 is 10.2 Å². The molecule has 132 valence electrons. The number of anilines is 1. The van der Waals surface area contributed by atoms with Crippen LogP contribution in [-0.4, -0.2) is 35.5 Å². The Hall–Kier alpha value is -2.43. The molecule has 1 aromatic heterocycles. The maximum absolute atomic E-state index is 12.5. The van der Waals surface area contributed by atoms with E-state index in [0.29, 0.717) is 24.0 Å². The van der Waals surface area contributed by atoms with Crippen molar-refractivity contribution in [2.24, 2.45) is 5.92 Å². The summed E-state index contributed by atoms with van der Waals surface area (Å²) in [6.07, 6.45) is 3.30. The van der Waals surface area contributed by atoms with Crippen molar-refractivity contribution in [2.45, 2.75) is 33.1 Å². The molecule has 0 spiro atoms. The Bertz CT molecular complexity index is 717. The van der Waals surface area contributed by atoms with Crippen LogP contribution in [0.2, 0.25) is 0 Å². The zero-order valence-corrected chi connectivity index (χ0v) is 15.0. The number of aromatic nitrogens is 2. The Balaban J connectivity index is 1.97. The summed E-state index contributed by atoms with van der Waals surface area (Å²) < 4.78 is 0. The second kappa shape index (κ2) is 8.10. The Labute approximate surface area is 149 Å². The second-order valence-corrected chi connectivity index (χ2v) is 6.75. The van der Waals surface area contributed by atoms with Gasteiger partial charge >= 0.3 is 0 Å². The number of hydrogen-bond acceptors (Lipinski definition) is 4. The van der Waals surface area contributed by atoms with Gasteiger partial charge < -0.3 is 10.2 Å². The highest BCUT2D eigenvalue weighted by Gasteiger charge is 2.21. The summed E-state index contributed by atoms with van der Waals surface area (Å²) in [7, 11) is 0. The van der Waals surface area contributed by atoms with Gasteiger partial charge in [0.25, 0.3) is 5.91 Å². The number of rotatable bonds is 5. The van der Waals surface area contributed by atoms with E-state index in [4.69, 9.17) is 4.98 Å². The molecule has 1 aromatic carbocycles. The van der Waals surface area contributed by atoms with Crippen LogP contribution in [0, 0.1) is 5.92 Å². The molecule has 1 aliphatic heterocycles. The highest BCUT2D eigenvalue weighted by molar-refractivity contribution is 5.93. The zero-order valence-electron chi connectivity index (χ0n) is 15.0. The number of carbonyl (C=O) groups is 1. The van der Waals surface area contributed by atoms with Gasteiger partial charge in [0.1, 0.15) is 11.5 Å². The average molecular weight is 338 g/mol. The van der Waals surface area contributed by atoms with E-state index in [1.54, 1.807) is 0 Å². The summed E-state index contributed by atoms with van der Waals surface area (Å²) in [4.78, 5) is 24.0. The van der Waals surface area contributed by atoms with Gasteiger partial charge in [-0.25, -0.2) is 9.97 Å². The minimum absolute atomic E-state index is 0.132. The fraction of sp³-hybridized carbons (Fsp3) is 0.450. The molecule has 1 aliphatic rings. The number of hydrogen-bond donors (Lipinski definition) is 1. The molecule has 1 fully saturated rings. The van der Waals surface area contributed by atoms with E-state index in [9.17, 15) is 4.79 Å². The molecule has 1 amide bonds. The SMILES string of the molecule is CCCNC(=O)c1cc(N2CCCC(C)C2)nc(-c2ccccc2)n1. The third kappa shape index (κ3) is 4.35. The Morgan fingerprint density at radius 3 is 2.80 bits per heavy atom. The van der Waals surface area contributed by atoms with Crippen LogP contribution >= 0.6 is 0 Å². The molecule has 0 bridgehead atoms. The summed E-state index contributed by atoms with van der Waals surface area (Å²) in [6, 6.07) is 11.7. The van der Waals surface area contributed by atoms with Crippen LogP contribution in [0.3, 0.4) is 0 Å². The molecule has 0 saturated carbocycles. The smallest absolute Gasteiger partial charge is 0.270 e. The van der Waals surface area contributed by atoms with E-state index in [0.717, 1.165) is 37.3 Å². The topological polar surface area (TPSA) is 58.1 Å². The van der Waals surface area contributed by atoms with E-state index < -0.39 is 0 Å². The van der Waals surface area contributed by atoms with Crippen LogP contribution in [0.15, 0.2) is 36.4 Å². The molecule has 1 N–H and O–H groups in total. The molecule has 25 heavy (non-hydrogen) atoms. The molecule has 1 unspecified atom stereocenters. The second-order valence-electron chi connectivity index (χ2n) is 6.75. The average Bonchev–Trinajstić information content (AvgIpc) is 2.66. The number of nitrogens with zero attached hydrogens (tertiary/aromatic N) is 3. The quantitative estimate of drug-likeness (QED) is 0.906.